The molecule has 0 spiro atoms. The Kier molecular flexibility index (Phi) is 7.06. The molecule has 2 nitrogen and oxygen atoms in total. The summed E-state index contributed by atoms with van der Waals surface area (Å²) in [7, 11) is 0. The Labute approximate surface area is 102 Å². The number of hydrogen-bond donors (Lipinski definition) is 1. The van der Waals surface area contributed by atoms with Crippen LogP contribution in [0.3, 0.4) is 0 Å². The van der Waals surface area contributed by atoms with Gasteiger partial charge in [0.05, 0.1) is 0 Å². The third kappa shape index (κ3) is 4.84. The van der Waals surface area contributed by atoms with E-state index < -0.39 is 0 Å². The molecule has 1 aliphatic heterocycles. The molecule has 0 saturated carbocycles. The zero-order chi connectivity index (χ0) is 11.8. The Morgan fingerprint density at radius 1 is 1.12 bits per heavy atom. The van der Waals surface area contributed by atoms with Crippen LogP contribution >= 0.6 is 0 Å². The smallest absolute Gasteiger partial charge is 0.0198 e. The first-order chi connectivity index (χ1) is 7.80. The maximum Gasteiger partial charge on any atom is 0.0198 e. The van der Waals surface area contributed by atoms with Crippen molar-refractivity contribution in [3.05, 3.63) is 0 Å². The average molecular weight is 226 g/mol. The lowest BCUT2D eigenvalue weighted by Crippen LogP contribution is -2.49. The molecular formula is C14H30N2. The Morgan fingerprint density at radius 2 is 1.94 bits per heavy atom. The fourth-order valence-corrected chi connectivity index (χ4v) is 2.66. The molecule has 2 atom stereocenters. The van der Waals surface area contributed by atoms with E-state index in [4.69, 9.17) is 0 Å². The SMILES string of the molecule is CCCCN1CC(CC)CC(NCCC)C1. The molecule has 1 rings (SSSR count). The number of nitrogens with one attached hydrogen (secondary N) is 1. The maximum absolute atomic E-state index is 3.70. The van der Waals surface area contributed by atoms with Gasteiger partial charge in [0.2, 0.25) is 0 Å². The fraction of sp³-hybridized carbons (Fsp3) is 1.00. The van der Waals surface area contributed by atoms with Crippen molar-refractivity contribution in [1.82, 2.24) is 10.2 Å². The van der Waals surface area contributed by atoms with Crippen molar-refractivity contribution >= 4 is 0 Å². The van der Waals surface area contributed by atoms with Gasteiger partial charge in [-0.15, -0.1) is 0 Å². The van der Waals surface area contributed by atoms with Crippen LogP contribution in [0.25, 0.3) is 0 Å². The minimum absolute atomic E-state index is 0.746. The molecule has 0 radical (unpaired) electrons. The van der Waals surface area contributed by atoms with E-state index in [9.17, 15) is 0 Å². The fourth-order valence-electron chi connectivity index (χ4n) is 2.66. The number of nitrogens with zero attached hydrogens (tertiary/aromatic N) is 1. The summed E-state index contributed by atoms with van der Waals surface area (Å²) in [6.07, 6.45) is 6.66. The number of hydrogen-bond acceptors (Lipinski definition) is 2. The third-order valence-corrected chi connectivity index (χ3v) is 3.70. The van der Waals surface area contributed by atoms with E-state index in [1.807, 2.05) is 0 Å². The van der Waals surface area contributed by atoms with E-state index in [-0.39, 0.29) is 0 Å². The lowest BCUT2D eigenvalue weighted by atomic mass is 9.92. The normalized spacial score (nSPS) is 27.2. The van der Waals surface area contributed by atoms with Gasteiger partial charge in [-0.25, -0.2) is 0 Å². The molecule has 2 heteroatoms. The van der Waals surface area contributed by atoms with Gasteiger partial charge in [-0.05, 0) is 38.3 Å². The third-order valence-electron chi connectivity index (χ3n) is 3.70. The van der Waals surface area contributed by atoms with Crippen molar-refractivity contribution in [3.8, 4) is 0 Å². The molecule has 96 valence electrons. The monoisotopic (exact) mass is 226 g/mol. The Hall–Kier alpha value is -0.0800. The molecule has 2 unspecified atom stereocenters. The molecule has 1 N–H and O–H groups in total. The topological polar surface area (TPSA) is 15.3 Å². The van der Waals surface area contributed by atoms with Crippen LogP contribution in [0.4, 0.5) is 0 Å². The molecule has 1 saturated heterocycles. The van der Waals surface area contributed by atoms with Crippen LogP contribution in [0.1, 0.15) is 52.9 Å². The molecule has 0 aromatic rings. The largest absolute Gasteiger partial charge is 0.313 e. The second kappa shape index (κ2) is 8.08. The van der Waals surface area contributed by atoms with E-state index in [2.05, 4.69) is 31.0 Å². The van der Waals surface area contributed by atoms with Gasteiger partial charge >= 0.3 is 0 Å². The van der Waals surface area contributed by atoms with Gasteiger partial charge in [-0.2, -0.15) is 0 Å². The van der Waals surface area contributed by atoms with Gasteiger partial charge in [-0.3, -0.25) is 0 Å². The van der Waals surface area contributed by atoms with Crippen molar-refractivity contribution in [1.29, 1.82) is 0 Å². The average Bonchev–Trinajstić information content (AvgIpc) is 2.33. The predicted octanol–water partition coefficient (Wildman–Crippen LogP) is 2.89. The zero-order valence-corrected chi connectivity index (χ0v) is 11.5. The molecule has 0 aromatic carbocycles. The summed E-state index contributed by atoms with van der Waals surface area (Å²) < 4.78 is 0. The highest BCUT2D eigenvalue weighted by Gasteiger charge is 2.25. The van der Waals surface area contributed by atoms with Crippen LogP contribution in [0, 0.1) is 5.92 Å². The molecule has 1 heterocycles. The van der Waals surface area contributed by atoms with Crippen LogP contribution in [0.15, 0.2) is 0 Å². The summed E-state index contributed by atoms with van der Waals surface area (Å²) in [6.45, 7) is 12.0. The summed E-state index contributed by atoms with van der Waals surface area (Å²) in [5.74, 6) is 0.917. The minimum Gasteiger partial charge on any atom is -0.313 e. The lowest BCUT2D eigenvalue weighted by Gasteiger charge is -2.38. The first-order valence-corrected chi connectivity index (χ1v) is 7.25. The summed E-state index contributed by atoms with van der Waals surface area (Å²) in [5.41, 5.74) is 0. The standard InChI is InChI=1S/C14H30N2/c1-4-7-9-16-11-13(6-3)10-14(12-16)15-8-5-2/h13-15H,4-12H2,1-3H3. The van der Waals surface area contributed by atoms with E-state index in [0.717, 1.165) is 12.0 Å². The van der Waals surface area contributed by atoms with Crippen LogP contribution in [-0.2, 0) is 0 Å². The second-order valence-electron chi connectivity index (χ2n) is 5.27. The van der Waals surface area contributed by atoms with Crippen molar-refractivity contribution in [2.75, 3.05) is 26.2 Å². The highest BCUT2D eigenvalue weighted by molar-refractivity contribution is 4.82. The van der Waals surface area contributed by atoms with Gasteiger partial charge in [0.15, 0.2) is 0 Å². The van der Waals surface area contributed by atoms with Crippen LogP contribution in [-0.4, -0.2) is 37.1 Å². The van der Waals surface area contributed by atoms with Crippen molar-refractivity contribution in [3.63, 3.8) is 0 Å². The van der Waals surface area contributed by atoms with E-state index in [0.29, 0.717) is 0 Å². The van der Waals surface area contributed by atoms with Gasteiger partial charge in [0.1, 0.15) is 0 Å². The molecule has 0 aromatic heterocycles. The quantitative estimate of drug-likeness (QED) is 0.718. The number of likely N-dealkylation sites (tertiary alicyclic amines) is 1. The molecule has 0 aliphatic carbocycles. The molecule has 16 heavy (non-hydrogen) atoms. The van der Waals surface area contributed by atoms with Gasteiger partial charge < -0.3 is 10.2 Å². The predicted molar refractivity (Wildman–Crippen MR) is 71.8 cm³/mol. The van der Waals surface area contributed by atoms with Crippen molar-refractivity contribution < 1.29 is 0 Å². The summed E-state index contributed by atoms with van der Waals surface area (Å²) in [6, 6.07) is 0.746. The Bertz CT molecular complexity index is 154. The lowest BCUT2D eigenvalue weighted by molar-refractivity contribution is 0.137. The molecule has 1 fully saturated rings. The summed E-state index contributed by atoms with van der Waals surface area (Å²) >= 11 is 0. The van der Waals surface area contributed by atoms with Gasteiger partial charge in [0, 0.05) is 19.1 Å². The summed E-state index contributed by atoms with van der Waals surface area (Å²) in [4.78, 5) is 2.68. The van der Waals surface area contributed by atoms with E-state index in [1.54, 1.807) is 0 Å². The number of rotatable bonds is 7. The Balaban J connectivity index is 2.34. The Morgan fingerprint density at radius 3 is 2.56 bits per heavy atom. The van der Waals surface area contributed by atoms with Gasteiger partial charge in [0.25, 0.3) is 0 Å². The molecule has 1 aliphatic rings. The van der Waals surface area contributed by atoms with E-state index in [1.165, 1.54) is 58.3 Å². The number of piperidine rings is 1. The maximum atomic E-state index is 3.70. The van der Waals surface area contributed by atoms with Crippen molar-refractivity contribution in [2.45, 2.75) is 58.9 Å². The van der Waals surface area contributed by atoms with Crippen LogP contribution < -0.4 is 5.32 Å². The highest BCUT2D eigenvalue weighted by Crippen LogP contribution is 2.20. The first-order valence-electron chi connectivity index (χ1n) is 7.25. The molecule has 0 bridgehead atoms. The minimum atomic E-state index is 0.746. The number of unbranched alkanes of at least 4 members (excludes halogenated alkanes) is 1. The van der Waals surface area contributed by atoms with Crippen LogP contribution in [0.2, 0.25) is 0 Å². The van der Waals surface area contributed by atoms with Crippen molar-refractivity contribution in [2.24, 2.45) is 5.92 Å². The van der Waals surface area contributed by atoms with Gasteiger partial charge in [-0.1, -0.05) is 33.6 Å². The van der Waals surface area contributed by atoms with Crippen LogP contribution in [0.5, 0.6) is 0 Å². The second-order valence-corrected chi connectivity index (χ2v) is 5.27. The zero-order valence-electron chi connectivity index (χ0n) is 11.5. The first kappa shape index (κ1) is 14.0. The molecular weight excluding hydrogens is 196 g/mol. The summed E-state index contributed by atoms with van der Waals surface area (Å²) in [5, 5.41) is 3.70. The highest BCUT2D eigenvalue weighted by atomic mass is 15.2. The molecule has 0 amide bonds. The van der Waals surface area contributed by atoms with E-state index >= 15 is 0 Å².